The van der Waals surface area contributed by atoms with Crippen molar-refractivity contribution in [1.29, 1.82) is 0 Å². The molecule has 5 nitrogen and oxygen atoms in total. The predicted molar refractivity (Wildman–Crippen MR) is 99.0 cm³/mol. The number of benzene rings is 1. The molecule has 0 unspecified atom stereocenters. The average molecular weight is 357 g/mol. The van der Waals surface area contributed by atoms with Crippen molar-refractivity contribution in [3.8, 4) is 0 Å². The van der Waals surface area contributed by atoms with Crippen molar-refractivity contribution in [1.82, 2.24) is 4.57 Å². The van der Waals surface area contributed by atoms with Crippen LogP contribution in [-0.2, 0) is 16.6 Å². The first-order valence-corrected chi connectivity index (χ1v) is 8.90. The zero-order valence-corrected chi connectivity index (χ0v) is 14.8. The number of rotatable bonds is 3. The highest BCUT2D eigenvalue weighted by Crippen LogP contribution is 2.21. The van der Waals surface area contributed by atoms with E-state index in [-0.39, 0.29) is 11.8 Å². The maximum Gasteiger partial charge on any atom is 0.272 e. The predicted octanol–water partition coefficient (Wildman–Crippen LogP) is 3.40. The Balaban J connectivity index is 1.92. The molecule has 122 valence electrons. The van der Waals surface area contributed by atoms with Crippen LogP contribution in [0.25, 0.3) is 16.3 Å². The minimum Gasteiger partial charge on any atom is -0.326 e. The second kappa shape index (κ2) is 6.94. The fraction of sp³-hybridized carbons (Fsp3) is 0.118. The number of hydrogen-bond donors (Lipinski definition) is 1. The van der Waals surface area contributed by atoms with Crippen molar-refractivity contribution in [2.45, 2.75) is 6.92 Å². The molecule has 3 rings (SSSR count). The lowest BCUT2D eigenvalue weighted by molar-refractivity contribution is -0.114. The molecule has 0 bridgehead atoms. The Labute approximate surface area is 146 Å². The van der Waals surface area contributed by atoms with Crippen LogP contribution in [0.4, 0.5) is 5.69 Å². The summed E-state index contributed by atoms with van der Waals surface area (Å²) < 4.78 is 2.83. The van der Waals surface area contributed by atoms with Gasteiger partial charge >= 0.3 is 0 Å². The highest BCUT2D eigenvalue weighted by molar-refractivity contribution is 7.16. The molecule has 0 saturated heterocycles. The number of nitrogens with zero attached hydrogens (tertiary/aromatic N) is 2. The summed E-state index contributed by atoms with van der Waals surface area (Å²) in [5.74, 6) is -0.415. The van der Waals surface area contributed by atoms with Gasteiger partial charge in [0.05, 0.1) is 10.2 Å². The van der Waals surface area contributed by atoms with E-state index in [1.807, 2.05) is 47.3 Å². The number of aromatic nitrogens is 1. The molecular formula is C17H15N3O2S2. The monoisotopic (exact) mass is 357 g/mol. The third-order valence-corrected chi connectivity index (χ3v) is 5.20. The summed E-state index contributed by atoms with van der Waals surface area (Å²) in [6, 6.07) is 9.50. The van der Waals surface area contributed by atoms with Crippen LogP contribution in [-0.4, -0.2) is 16.4 Å². The summed E-state index contributed by atoms with van der Waals surface area (Å²) in [6.07, 6.45) is 3.23. The third-order valence-electron chi connectivity index (χ3n) is 3.27. The van der Waals surface area contributed by atoms with Crippen molar-refractivity contribution < 1.29 is 9.59 Å². The SMILES string of the molecule is CC(=O)Nc1ccc2c(c1)sc(=NC(=O)C=Cc1cccs1)n2C. The van der Waals surface area contributed by atoms with Crippen molar-refractivity contribution in [3.05, 3.63) is 51.5 Å². The highest BCUT2D eigenvalue weighted by Gasteiger charge is 2.06. The Hall–Kier alpha value is -2.51. The van der Waals surface area contributed by atoms with Gasteiger partial charge in [0.1, 0.15) is 0 Å². The van der Waals surface area contributed by atoms with Crippen LogP contribution in [0.1, 0.15) is 11.8 Å². The maximum absolute atomic E-state index is 12.0. The van der Waals surface area contributed by atoms with Gasteiger partial charge < -0.3 is 9.88 Å². The first-order chi connectivity index (χ1) is 11.5. The highest BCUT2D eigenvalue weighted by atomic mass is 32.1. The number of thiophene rings is 1. The third kappa shape index (κ3) is 3.69. The molecule has 2 heterocycles. The lowest BCUT2D eigenvalue weighted by atomic mass is 10.3. The van der Waals surface area contributed by atoms with Crippen LogP contribution < -0.4 is 10.1 Å². The fourth-order valence-electron chi connectivity index (χ4n) is 2.19. The average Bonchev–Trinajstić information content (AvgIpc) is 3.14. The molecule has 0 spiro atoms. The van der Waals surface area contributed by atoms with Crippen molar-refractivity contribution in [2.75, 3.05) is 5.32 Å². The molecule has 2 amide bonds. The number of thiazole rings is 1. The summed E-state index contributed by atoms with van der Waals surface area (Å²) in [7, 11) is 1.87. The molecule has 3 aromatic rings. The van der Waals surface area contributed by atoms with Crippen LogP contribution in [0.3, 0.4) is 0 Å². The second-order valence-corrected chi connectivity index (χ2v) is 7.09. The number of nitrogens with one attached hydrogen (secondary N) is 1. The smallest absolute Gasteiger partial charge is 0.272 e. The first kappa shape index (κ1) is 16.4. The fourth-order valence-corrected chi connectivity index (χ4v) is 3.87. The minimum atomic E-state index is -0.298. The van der Waals surface area contributed by atoms with Gasteiger partial charge in [-0.1, -0.05) is 17.4 Å². The van der Waals surface area contributed by atoms with Gasteiger partial charge in [0.15, 0.2) is 4.80 Å². The van der Waals surface area contributed by atoms with E-state index in [1.165, 1.54) is 24.3 Å². The molecule has 1 aromatic carbocycles. The molecule has 0 radical (unpaired) electrons. The maximum atomic E-state index is 12.0. The second-order valence-electron chi connectivity index (χ2n) is 5.11. The lowest BCUT2D eigenvalue weighted by Gasteiger charge is -2.01. The van der Waals surface area contributed by atoms with Gasteiger partial charge in [0.25, 0.3) is 5.91 Å². The largest absolute Gasteiger partial charge is 0.326 e. The summed E-state index contributed by atoms with van der Waals surface area (Å²) in [6.45, 7) is 1.47. The van der Waals surface area contributed by atoms with E-state index < -0.39 is 0 Å². The van der Waals surface area contributed by atoms with E-state index in [0.717, 1.165) is 20.8 Å². The zero-order valence-electron chi connectivity index (χ0n) is 13.1. The normalized spacial score (nSPS) is 12.2. The summed E-state index contributed by atoms with van der Waals surface area (Å²) in [5, 5.41) is 4.71. The number of carbonyl (C=O) groups is 2. The summed E-state index contributed by atoms with van der Waals surface area (Å²) >= 11 is 2.98. The van der Waals surface area contributed by atoms with E-state index in [2.05, 4.69) is 10.3 Å². The van der Waals surface area contributed by atoms with Gasteiger partial charge in [-0.2, -0.15) is 4.99 Å². The van der Waals surface area contributed by atoms with Crippen LogP contribution >= 0.6 is 22.7 Å². The number of aryl methyl sites for hydroxylation is 1. The molecule has 0 saturated carbocycles. The Morgan fingerprint density at radius 1 is 1.29 bits per heavy atom. The van der Waals surface area contributed by atoms with E-state index >= 15 is 0 Å². The molecule has 24 heavy (non-hydrogen) atoms. The van der Waals surface area contributed by atoms with Gasteiger partial charge in [-0.3, -0.25) is 9.59 Å². The van der Waals surface area contributed by atoms with Crippen molar-refractivity contribution in [2.24, 2.45) is 12.0 Å². The van der Waals surface area contributed by atoms with E-state index in [9.17, 15) is 9.59 Å². The molecule has 0 atom stereocenters. The molecule has 0 aliphatic carbocycles. The van der Waals surface area contributed by atoms with Crippen molar-refractivity contribution >= 4 is 56.5 Å². The molecule has 0 aliphatic heterocycles. The van der Waals surface area contributed by atoms with Gasteiger partial charge in [0, 0.05) is 30.6 Å². The van der Waals surface area contributed by atoms with Crippen LogP contribution in [0.15, 0.2) is 46.8 Å². The Kier molecular flexibility index (Phi) is 4.73. The van der Waals surface area contributed by atoms with Gasteiger partial charge in [-0.25, -0.2) is 0 Å². The first-order valence-electron chi connectivity index (χ1n) is 7.20. The standard InChI is InChI=1S/C17H15N3O2S2/c1-11(21)18-12-5-7-14-15(10-12)24-17(20(14)2)19-16(22)8-6-13-4-3-9-23-13/h3-10H,1-2H3,(H,18,21). The molecule has 1 N–H and O–H groups in total. The lowest BCUT2D eigenvalue weighted by Crippen LogP contribution is -2.12. The number of amides is 2. The molecule has 0 aliphatic rings. The zero-order chi connectivity index (χ0) is 17.1. The van der Waals surface area contributed by atoms with E-state index in [1.54, 1.807) is 17.4 Å². The number of hydrogen-bond acceptors (Lipinski definition) is 4. The van der Waals surface area contributed by atoms with Gasteiger partial charge in [0.2, 0.25) is 5.91 Å². The van der Waals surface area contributed by atoms with E-state index in [0.29, 0.717) is 4.80 Å². The summed E-state index contributed by atoms with van der Waals surface area (Å²) in [4.78, 5) is 29.0. The minimum absolute atomic E-state index is 0.117. The number of carbonyl (C=O) groups excluding carboxylic acids is 2. The molecule has 2 aromatic heterocycles. The van der Waals surface area contributed by atoms with Crippen LogP contribution in [0.5, 0.6) is 0 Å². The Morgan fingerprint density at radius 2 is 2.12 bits per heavy atom. The number of fused-ring (bicyclic) bond motifs is 1. The van der Waals surface area contributed by atoms with Crippen LogP contribution in [0, 0.1) is 0 Å². The topological polar surface area (TPSA) is 63.5 Å². The summed E-state index contributed by atoms with van der Waals surface area (Å²) in [5.41, 5.74) is 1.69. The van der Waals surface area contributed by atoms with Gasteiger partial charge in [-0.15, -0.1) is 11.3 Å². The molecule has 0 fully saturated rings. The molecular weight excluding hydrogens is 342 g/mol. The van der Waals surface area contributed by atoms with E-state index in [4.69, 9.17) is 0 Å². The van der Waals surface area contributed by atoms with Crippen molar-refractivity contribution in [3.63, 3.8) is 0 Å². The number of anilines is 1. The van der Waals surface area contributed by atoms with Crippen LogP contribution in [0.2, 0.25) is 0 Å². The Morgan fingerprint density at radius 3 is 2.83 bits per heavy atom. The Bertz CT molecular complexity index is 995. The van der Waals surface area contributed by atoms with Gasteiger partial charge in [-0.05, 0) is 35.7 Å². The quantitative estimate of drug-likeness (QED) is 0.730. The molecule has 7 heteroatoms.